The molecule has 0 saturated heterocycles. The highest BCUT2D eigenvalue weighted by atomic mass is 16.5. The Morgan fingerprint density at radius 2 is 1.83 bits per heavy atom. The molecule has 1 aromatic heterocycles. The third kappa shape index (κ3) is 4.40. The fourth-order valence-electron chi connectivity index (χ4n) is 3.64. The van der Waals surface area contributed by atoms with E-state index in [1.807, 2.05) is 32.0 Å². The molecular weight excluding hydrogens is 382 g/mol. The van der Waals surface area contributed by atoms with Gasteiger partial charge in [0.15, 0.2) is 5.78 Å². The van der Waals surface area contributed by atoms with Crippen molar-refractivity contribution in [1.29, 1.82) is 0 Å². The van der Waals surface area contributed by atoms with E-state index < -0.39 is 5.97 Å². The Balaban J connectivity index is 1.79. The minimum atomic E-state index is -0.483. The molecule has 30 heavy (non-hydrogen) atoms. The fraction of sp³-hybridized carbons (Fsp3) is 0.435. The number of aromatic nitrogens is 1. The highest BCUT2D eigenvalue weighted by Crippen LogP contribution is 2.29. The molecule has 0 unspecified atom stereocenters. The number of anilines is 1. The van der Waals surface area contributed by atoms with Crippen molar-refractivity contribution in [2.24, 2.45) is 0 Å². The van der Waals surface area contributed by atoms with Gasteiger partial charge in [-0.15, -0.1) is 0 Å². The van der Waals surface area contributed by atoms with Crippen LogP contribution in [0.4, 0.5) is 10.5 Å². The third-order valence-corrected chi connectivity index (χ3v) is 5.60. The second-order valence-electron chi connectivity index (χ2n) is 7.81. The highest BCUT2D eigenvalue weighted by Gasteiger charge is 2.35. The molecule has 0 atom stereocenters. The summed E-state index contributed by atoms with van der Waals surface area (Å²) in [5, 5.41) is 2.95. The number of nitrogens with one attached hydrogen (secondary N) is 2. The van der Waals surface area contributed by atoms with Gasteiger partial charge in [0, 0.05) is 23.0 Å². The molecule has 0 aliphatic heterocycles. The molecule has 160 valence electrons. The number of benzene rings is 1. The van der Waals surface area contributed by atoms with Gasteiger partial charge < -0.3 is 19.9 Å². The molecule has 1 fully saturated rings. The first-order valence-electron chi connectivity index (χ1n) is 10.3. The zero-order chi connectivity index (χ0) is 22.0. The lowest BCUT2D eigenvalue weighted by Crippen LogP contribution is -2.40. The standard InChI is InChI=1S/C23H29N3O4/c1-6-30-22(28)21-15(4)20(16(5)24-21)19(27)12-26(17-10-11-17)23(29)25-18-9-7-8-13(2)14(18)3/h7-9,17,24H,6,10-12H2,1-5H3,(H,25,29). The molecule has 1 saturated carbocycles. The van der Waals surface area contributed by atoms with Crippen molar-refractivity contribution in [2.45, 2.75) is 53.5 Å². The molecule has 7 nitrogen and oxygen atoms in total. The molecule has 2 N–H and O–H groups in total. The molecule has 2 amide bonds. The molecule has 0 bridgehead atoms. The van der Waals surface area contributed by atoms with Gasteiger partial charge in [0.05, 0.1) is 13.2 Å². The van der Waals surface area contributed by atoms with Crippen LogP contribution in [-0.2, 0) is 4.74 Å². The van der Waals surface area contributed by atoms with Crippen LogP contribution >= 0.6 is 0 Å². The Morgan fingerprint density at radius 1 is 1.13 bits per heavy atom. The van der Waals surface area contributed by atoms with Crippen LogP contribution in [0.15, 0.2) is 18.2 Å². The molecule has 3 rings (SSSR count). The zero-order valence-electron chi connectivity index (χ0n) is 18.2. The summed E-state index contributed by atoms with van der Waals surface area (Å²) in [4.78, 5) is 42.8. The molecule has 7 heteroatoms. The lowest BCUT2D eigenvalue weighted by Gasteiger charge is -2.23. The van der Waals surface area contributed by atoms with E-state index in [9.17, 15) is 14.4 Å². The van der Waals surface area contributed by atoms with E-state index in [0.717, 1.165) is 29.7 Å². The van der Waals surface area contributed by atoms with Gasteiger partial charge in [0.25, 0.3) is 0 Å². The van der Waals surface area contributed by atoms with Gasteiger partial charge in [-0.05, 0) is 70.2 Å². The van der Waals surface area contributed by atoms with Crippen molar-refractivity contribution >= 4 is 23.5 Å². The summed E-state index contributed by atoms with van der Waals surface area (Å²) in [6, 6.07) is 5.53. The number of amides is 2. The predicted molar refractivity (Wildman–Crippen MR) is 115 cm³/mol. The molecule has 2 aromatic rings. The van der Waals surface area contributed by atoms with Crippen LogP contribution in [0.25, 0.3) is 0 Å². The first kappa shape index (κ1) is 21.6. The quantitative estimate of drug-likeness (QED) is 0.525. The van der Waals surface area contributed by atoms with E-state index in [2.05, 4.69) is 10.3 Å². The maximum Gasteiger partial charge on any atom is 0.355 e. The van der Waals surface area contributed by atoms with Gasteiger partial charge >= 0.3 is 12.0 Å². The predicted octanol–water partition coefficient (Wildman–Crippen LogP) is 4.30. The number of H-pyrrole nitrogens is 1. The molecular formula is C23H29N3O4. The molecule has 0 radical (unpaired) electrons. The van der Waals surface area contributed by atoms with Gasteiger partial charge in [-0.1, -0.05) is 12.1 Å². The normalized spacial score (nSPS) is 13.1. The highest BCUT2D eigenvalue weighted by molar-refractivity contribution is 6.05. The summed E-state index contributed by atoms with van der Waals surface area (Å²) >= 11 is 0. The Labute approximate surface area is 176 Å². The lowest BCUT2D eigenvalue weighted by molar-refractivity contribution is 0.0519. The Morgan fingerprint density at radius 3 is 2.47 bits per heavy atom. The van der Waals surface area contributed by atoms with Gasteiger partial charge in [0.1, 0.15) is 5.69 Å². The van der Waals surface area contributed by atoms with E-state index >= 15 is 0 Å². The van der Waals surface area contributed by atoms with Crippen molar-refractivity contribution in [3.8, 4) is 0 Å². The minimum Gasteiger partial charge on any atom is -0.461 e. The van der Waals surface area contributed by atoms with Gasteiger partial charge in [-0.25, -0.2) is 9.59 Å². The molecule has 1 aromatic carbocycles. The number of carbonyl (C=O) groups excluding carboxylic acids is 3. The van der Waals surface area contributed by atoms with Crippen molar-refractivity contribution in [3.63, 3.8) is 0 Å². The Kier molecular flexibility index (Phi) is 6.29. The van der Waals surface area contributed by atoms with Crippen molar-refractivity contribution < 1.29 is 19.1 Å². The van der Waals surface area contributed by atoms with Crippen LogP contribution in [0.5, 0.6) is 0 Å². The Hall–Kier alpha value is -3.09. The summed E-state index contributed by atoms with van der Waals surface area (Å²) < 4.78 is 5.06. The number of hydrogen-bond acceptors (Lipinski definition) is 4. The van der Waals surface area contributed by atoms with Gasteiger partial charge in [0.2, 0.25) is 0 Å². The van der Waals surface area contributed by atoms with E-state index in [-0.39, 0.29) is 36.7 Å². The molecule has 1 aliphatic rings. The van der Waals surface area contributed by atoms with Crippen LogP contribution in [-0.4, -0.2) is 46.9 Å². The number of aryl methyl sites for hydroxylation is 2. The molecule has 1 heterocycles. The number of urea groups is 1. The Bertz CT molecular complexity index is 989. The lowest BCUT2D eigenvalue weighted by atomic mass is 10.1. The van der Waals surface area contributed by atoms with E-state index in [4.69, 9.17) is 4.74 Å². The number of ketones is 1. The van der Waals surface area contributed by atoms with E-state index in [1.165, 1.54) is 0 Å². The number of hydrogen-bond donors (Lipinski definition) is 2. The summed E-state index contributed by atoms with van der Waals surface area (Å²) in [5.41, 5.74) is 4.74. The number of nitrogens with zero attached hydrogens (tertiary/aromatic N) is 1. The van der Waals surface area contributed by atoms with Crippen LogP contribution in [0.3, 0.4) is 0 Å². The average Bonchev–Trinajstić information content (AvgIpc) is 3.48. The average molecular weight is 412 g/mol. The maximum absolute atomic E-state index is 13.1. The number of aromatic amines is 1. The fourth-order valence-corrected chi connectivity index (χ4v) is 3.64. The van der Waals surface area contributed by atoms with E-state index in [1.54, 1.807) is 25.7 Å². The summed E-state index contributed by atoms with van der Waals surface area (Å²) in [6.45, 7) is 9.38. The van der Waals surface area contributed by atoms with Gasteiger partial charge in [-0.3, -0.25) is 4.79 Å². The summed E-state index contributed by atoms with van der Waals surface area (Å²) in [5.74, 6) is -0.677. The largest absolute Gasteiger partial charge is 0.461 e. The first-order valence-corrected chi connectivity index (χ1v) is 10.3. The van der Waals surface area contributed by atoms with Crippen molar-refractivity contribution in [1.82, 2.24) is 9.88 Å². The first-order chi connectivity index (χ1) is 14.2. The van der Waals surface area contributed by atoms with E-state index in [0.29, 0.717) is 16.8 Å². The smallest absolute Gasteiger partial charge is 0.355 e. The number of Topliss-reactive ketones (excluding diaryl/α,β-unsaturated/α-hetero) is 1. The zero-order valence-corrected chi connectivity index (χ0v) is 18.2. The summed E-state index contributed by atoms with van der Waals surface area (Å²) in [6.07, 6.45) is 1.76. The van der Waals surface area contributed by atoms with Crippen molar-refractivity contribution in [2.75, 3.05) is 18.5 Å². The van der Waals surface area contributed by atoms with Crippen LogP contribution < -0.4 is 5.32 Å². The number of ether oxygens (including phenoxy) is 1. The number of rotatable bonds is 7. The third-order valence-electron chi connectivity index (χ3n) is 5.60. The minimum absolute atomic E-state index is 0.0385. The van der Waals surface area contributed by atoms with Crippen LogP contribution in [0.2, 0.25) is 0 Å². The maximum atomic E-state index is 13.1. The number of carbonyl (C=O) groups is 3. The topological polar surface area (TPSA) is 91.5 Å². The van der Waals surface area contributed by atoms with Crippen LogP contribution in [0.1, 0.15) is 63.0 Å². The molecule has 1 aliphatic carbocycles. The SMILES string of the molecule is CCOC(=O)c1[nH]c(C)c(C(=O)CN(C(=O)Nc2cccc(C)c2C)C2CC2)c1C. The second kappa shape index (κ2) is 8.73. The monoisotopic (exact) mass is 411 g/mol. The molecule has 0 spiro atoms. The second-order valence-corrected chi connectivity index (χ2v) is 7.81. The van der Waals surface area contributed by atoms with Crippen LogP contribution in [0, 0.1) is 27.7 Å². The summed E-state index contributed by atoms with van der Waals surface area (Å²) in [7, 11) is 0. The van der Waals surface area contributed by atoms with Crippen molar-refractivity contribution in [3.05, 3.63) is 51.8 Å². The van der Waals surface area contributed by atoms with Gasteiger partial charge in [-0.2, -0.15) is 0 Å². The number of esters is 1.